The average molecular weight is 257 g/mol. The van der Waals surface area contributed by atoms with Crippen molar-refractivity contribution in [2.75, 3.05) is 5.73 Å². The number of anilines is 1. The van der Waals surface area contributed by atoms with Gasteiger partial charge in [-0.15, -0.1) is 0 Å². The fraction of sp³-hybridized carbons (Fsp3) is 0.417. The van der Waals surface area contributed by atoms with Crippen molar-refractivity contribution < 1.29 is 13.2 Å². The molecule has 1 heterocycles. The van der Waals surface area contributed by atoms with Crippen LogP contribution in [0.25, 0.3) is 11.0 Å². The molecule has 2 N–H and O–H groups in total. The second-order valence-corrected chi connectivity index (χ2v) is 4.69. The summed E-state index contributed by atoms with van der Waals surface area (Å²) in [5.74, 6) is -0.766. The van der Waals surface area contributed by atoms with Gasteiger partial charge >= 0.3 is 6.18 Å². The van der Waals surface area contributed by atoms with Gasteiger partial charge in [0, 0.05) is 12.2 Å². The van der Waals surface area contributed by atoms with E-state index in [-0.39, 0.29) is 18.0 Å². The number of fused-ring (bicyclic) bond motifs is 1. The number of alkyl halides is 3. The molecule has 2 rings (SSSR count). The third kappa shape index (κ3) is 2.27. The SMILES string of the molecule is CC(C)Cn1c(C(F)(F)F)nc2cc(N)ccc21. The molecule has 0 amide bonds. The Hall–Kier alpha value is -1.72. The molecule has 0 saturated heterocycles. The third-order valence-corrected chi connectivity index (χ3v) is 2.57. The van der Waals surface area contributed by atoms with Crippen molar-refractivity contribution in [2.24, 2.45) is 5.92 Å². The van der Waals surface area contributed by atoms with Crippen molar-refractivity contribution in [3.05, 3.63) is 24.0 Å². The topological polar surface area (TPSA) is 43.8 Å². The maximum absolute atomic E-state index is 12.9. The number of halogens is 3. The minimum absolute atomic E-state index is 0.0982. The number of hydrogen-bond acceptors (Lipinski definition) is 2. The predicted octanol–water partition coefficient (Wildman–Crippen LogP) is 3.29. The highest BCUT2D eigenvalue weighted by molar-refractivity contribution is 5.79. The fourth-order valence-corrected chi connectivity index (χ4v) is 1.91. The summed E-state index contributed by atoms with van der Waals surface area (Å²) in [6.45, 7) is 4.00. The van der Waals surface area contributed by atoms with Crippen molar-refractivity contribution in [2.45, 2.75) is 26.6 Å². The van der Waals surface area contributed by atoms with E-state index < -0.39 is 12.0 Å². The zero-order valence-electron chi connectivity index (χ0n) is 10.1. The molecular weight excluding hydrogens is 243 g/mol. The van der Waals surface area contributed by atoms with Gasteiger partial charge in [0.05, 0.1) is 11.0 Å². The van der Waals surface area contributed by atoms with Gasteiger partial charge in [0.1, 0.15) is 0 Å². The third-order valence-electron chi connectivity index (χ3n) is 2.57. The van der Waals surface area contributed by atoms with Crippen LogP contribution in [0.3, 0.4) is 0 Å². The van der Waals surface area contributed by atoms with Crippen LogP contribution in [0.4, 0.5) is 18.9 Å². The highest BCUT2D eigenvalue weighted by Gasteiger charge is 2.37. The molecule has 6 heteroatoms. The maximum Gasteiger partial charge on any atom is 0.449 e. The van der Waals surface area contributed by atoms with Crippen LogP contribution in [0.1, 0.15) is 19.7 Å². The van der Waals surface area contributed by atoms with Gasteiger partial charge in [-0.05, 0) is 24.1 Å². The van der Waals surface area contributed by atoms with Crippen molar-refractivity contribution in [3.8, 4) is 0 Å². The number of nitrogen functional groups attached to an aromatic ring is 1. The first kappa shape index (κ1) is 12.7. The Bertz CT molecular complexity index is 570. The number of nitrogens with two attached hydrogens (primary N) is 1. The minimum Gasteiger partial charge on any atom is -0.399 e. The molecule has 18 heavy (non-hydrogen) atoms. The predicted molar refractivity (Wildman–Crippen MR) is 64.0 cm³/mol. The Morgan fingerprint density at radius 2 is 2.00 bits per heavy atom. The van der Waals surface area contributed by atoms with E-state index in [2.05, 4.69) is 4.98 Å². The summed E-state index contributed by atoms with van der Waals surface area (Å²) in [6.07, 6.45) is -4.46. The first-order chi connectivity index (χ1) is 8.29. The highest BCUT2D eigenvalue weighted by Crippen LogP contribution is 2.32. The number of rotatable bonds is 2. The summed E-state index contributed by atoms with van der Waals surface area (Å²) in [4.78, 5) is 3.66. The lowest BCUT2D eigenvalue weighted by molar-refractivity contribution is -0.147. The van der Waals surface area contributed by atoms with Crippen molar-refractivity contribution in [1.82, 2.24) is 9.55 Å². The highest BCUT2D eigenvalue weighted by atomic mass is 19.4. The van der Waals surface area contributed by atoms with Gasteiger partial charge in [-0.3, -0.25) is 0 Å². The van der Waals surface area contributed by atoms with Gasteiger partial charge in [0.2, 0.25) is 5.82 Å². The first-order valence-corrected chi connectivity index (χ1v) is 5.62. The van der Waals surface area contributed by atoms with E-state index >= 15 is 0 Å². The molecule has 0 aliphatic rings. The number of nitrogens with zero attached hydrogens (tertiary/aromatic N) is 2. The van der Waals surface area contributed by atoms with Gasteiger partial charge in [-0.1, -0.05) is 13.8 Å². The molecule has 0 radical (unpaired) electrons. The Labute approximate surface area is 102 Å². The van der Waals surface area contributed by atoms with Crippen LogP contribution < -0.4 is 5.73 Å². The lowest BCUT2D eigenvalue weighted by atomic mass is 10.2. The molecule has 2 aromatic rings. The van der Waals surface area contributed by atoms with Gasteiger partial charge in [0.15, 0.2) is 0 Å². The van der Waals surface area contributed by atoms with Gasteiger partial charge in [0.25, 0.3) is 0 Å². The largest absolute Gasteiger partial charge is 0.449 e. The Balaban J connectivity index is 2.68. The molecule has 1 aromatic heterocycles. The van der Waals surface area contributed by atoms with Crippen LogP contribution >= 0.6 is 0 Å². The number of benzene rings is 1. The fourth-order valence-electron chi connectivity index (χ4n) is 1.91. The van der Waals surface area contributed by atoms with Gasteiger partial charge in [-0.2, -0.15) is 13.2 Å². The normalized spacial score (nSPS) is 12.6. The van der Waals surface area contributed by atoms with Crippen LogP contribution in [0.2, 0.25) is 0 Å². The molecule has 0 bridgehead atoms. The summed E-state index contributed by atoms with van der Waals surface area (Å²) >= 11 is 0. The van der Waals surface area contributed by atoms with Crippen LogP contribution in [-0.4, -0.2) is 9.55 Å². The zero-order valence-corrected chi connectivity index (χ0v) is 10.1. The van der Waals surface area contributed by atoms with Gasteiger partial charge in [-0.25, -0.2) is 4.98 Å². The molecule has 0 unspecified atom stereocenters. The van der Waals surface area contributed by atoms with E-state index in [1.807, 2.05) is 13.8 Å². The molecular formula is C12H14F3N3. The summed E-state index contributed by atoms with van der Waals surface area (Å²) in [5, 5.41) is 0. The standard InChI is InChI=1S/C12H14F3N3/c1-7(2)6-18-10-4-3-8(16)5-9(10)17-11(18)12(13,14)15/h3-5,7H,6,16H2,1-2H3. The molecule has 98 valence electrons. The molecule has 3 nitrogen and oxygen atoms in total. The average Bonchev–Trinajstić information content (AvgIpc) is 2.55. The monoisotopic (exact) mass is 257 g/mol. The molecule has 0 atom stereocenters. The Kier molecular flexibility index (Phi) is 2.96. The minimum atomic E-state index is -4.46. The van der Waals surface area contributed by atoms with E-state index in [1.165, 1.54) is 10.6 Å². The lowest BCUT2D eigenvalue weighted by Crippen LogP contribution is -2.17. The van der Waals surface area contributed by atoms with Crippen LogP contribution in [0.5, 0.6) is 0 Å². The van der Waals surface area contributed by atoms with Crippen molar-refractivity contribution in [3.63, 3.8) is 0 Å². The summed E-state index contributed by atoms with van der Waals surface area (Å²) in [5.41, 5.74) is 6.71. The molecule has 1 aromatic carbocycles. The number of hydrogen-bond donors (Lipinski definition) is 1. The smallest absolute Gasteiger partial charge is 0.399 e. The Morgan fingerprint density at radius 1 is 1.33 bits per heavy atom. The molecule has 0 spiro atoms. The van der Waals surface area contributed by atoms with E-state index in [9.17, 15) is 13.2 Å². The molecule has 0 aliphatic carbocycles. The van der Waals surface area contributed by atoms with E-state index in [1.54, 1.807) is 12.1 Å². The van der Waals surface area contributed by atoms with E-state index in [0.717, 1.165) is 0 Å². The van der Waals surface area contributed by atoms with Gasteiger partial charge < -0.3 is 10.3 Å². The van der Waals surface area contributed by atoms with Crippen LogP contribution in [0.15, 0.2) is 18.2 Å². The summed E-state index contributed by atoms with van der Waals surface area (Å²) in [6, 6.07) is 4.62. The molecule has 0 saturated carbocycles. The quantitative estimate of drug-likeness (QED) is 0.839. The number of imidazole rings is 1. The van der Waals surface area contributed by atoms with E-state index in [0.29, 0.717) is 11.2 Å². The zero-order chi connectivity index (χ0) is 13.5. The summed E-state index contributed by atoms with van der Waals surface area (Å²) < 4.78 is 40.0. The number of aromatic nitrogens is 2. The lowest BCUT2D eigenvalue weighted by Gasteiger charge is -2.13. The van der Waals surface area contributed by atoms with Crippen molar-refractivity contribution >= 4 is 16.7 Å². The molecule has 0 aliphatic heterocycles. The first-order valence-electron chi connectivity index (χ1n) is 5.62. The second kappa shape index (κ2) is 4.19. The Morgan fingerprint density at radius 3 is 2.56 bits per heavy atom. The van der Waals surface area contributed by atoms with E-state index in [4.69, 9.17) is 5.73 Å². The molecule has 0 fully saturated rings. The van der Waals surface area contributed by atoms with Crippen LogP contribution in [0, 0.1) is 5.92 Å². The van der Waals surface area contributed by atoms with Crippen molar-refractivity contribution in [1.29, 1.82) is 0 Å². The van der Waals surface area contributed by atoms with Crippen LogP contribution in [-0.2, 0) is 12.7 Å². The maximum atomic E-state index is 12.9. The second-order valence-electron chi connectivity index (χ2n) is 4.69. The summed E-state index contributed by atoms with van der Waals surface area (Å²) in [7, 11) is 0.